The molecule has 37 heavy (non-hydrogen) atoms. The molecular weight excluding hydrogens is 513 g/mol. The molecular formula is C23H24ClF3N8O2. The molecule has 2 aromatic rings. The molecule has 2 aromatic heterocycles. The van der Waals surface area contributed by atoms with Crippen LogP contribution in [0.25, 0.3) is 0 Å². The van der Waals surface area contributed by atoms with E-state index < -0.39 is 34.6 Å². The number of aromatic nitrogens is 3. The normalized spacial score (nSPS) is 17.2. The Balaban J connectivity index is 1.33. The molecule has 10 nitrogen and oxygen atoms in total. The lowest BCUT2D eigenvalue weighted by atomic mass is 10.1. The van der Waals surface area contributed by atoms with Gasteiger partial charge < -0.3 is 21.3 Å². The SMILES string of the molecule is CC(NC(=O)c1cc(N2CCC(N)CC2)ncn1)C1=NC=C(C(=O)Nc2cc(C(F)(F)F)c(Cl)cn2)C1. The first-order valence-electron chi connectivity index (χ1n) is 11.4. The van der Waals surface area contributed by atoms with Crippen LogP contribution in [0.15, 0.2) is 41.4 Å². The van der Waals surface area contributed by atoms with E-state index in [1.165, 1.54) is 12.5 Å². The quantitative estimate of drug-likeness (QED) is 0.516. The average Bonchev–Trinajstić information content (AvgIpc) is 3.36. The van der Waals surface area contributed by atoms with Crippen LogP contribution in [-0.2, 0) is 11.0 Å². The number of nitrogens with zero attached hydrogens (tertiary/aromatic N) is 5. The Morgan fingerprint density at radius 2 is 1.89 bits per heavy atom. The molecule has 4 rings (SSSR count). The molecule has 0 radical (unpaired) electrons. The van der Waals surface area contributed by atoms with E-state index in [1.54, 1.807) is 13.0 Å². The third kappa shape index (κ3) is 6.41. The molecule has 0 bridgehead atoms. The average molecular weight is 537 g/mol. The van der Waals surface area contributed by atoms with Gasteiger partial charge >= 0.3 is 6.18 Å². The summed E-state index contributed by atoms with van der Waals surface area (Å²) in [5.41, 5.74) is 5.73. The van der Waals surface area contributed by atoms with Gasteiger partial charge in [-0.05, 0) is 25.8 Å². The van der Waals surface area contributed by atoms with Crippen molar-refractivity contribution in [2.45, 2.75) is 44.4 Å². The second-order valence-electron chi connectivity index (χ2n) is 8.73. The lowest BCUT2D eigenvalue weighted by Gasteiger charge is -2.31. The number of halogens is 4. The number of carbonyl (C=O) groups excluding carboxylic acids is 2. The fraction of sp³-hybridized carbons (Fsp3) is 0.391. The van der Waals surface area contributed by atoms with Crippen LogP contribution >= 0.6 is 11.6 Å². The van der Waals surface area contributed by atoms with Crippen molar-refractivity contribution < 1.29 is 22.8 Å². The van der Waals surface area contributed by atoms with Crippen molar-refractivity contribution >= 4 is 40.8 Å². The number of amides is 2. The van der Waals surface area contributed by atoms with Gasteiger partial charge in [0.15, 0.2) is 0 Å². The molecule has 14 heteroatoms. The van der Waals surface area contributed by atoms with E-state index in [-0.39, 0.29) is 29.5 Å². The van der Waals surface area contributed by atoms with Gasteiger partial charge in [-0.15, -0.1) is 0 Å². The first-order valence-corrected chi connectivity index (χ1v) is 11.8. The lowest BCUT2D eigenvalue weighted by molar-refractivity contribution is -0.137. The van der Waals surface area contributed by atoms with E-state index in [4.69, 9.17) is 17.3 Å². The number of pyridine rings is 1. The molecule has 0 spiro atoms. The van der Waals surface area contributed by atoms with Gasteiger partial charge in [-0.2, -0.15) is 13.2 Å². The number of hydrogen-bond donors (Lipinski definition) is 3. The van der Waals surface area contributed by atoms with Crippen LogP contribution in [0.3, 0.4) is 0 Å². The van der Waals surface area contributed by atoms with E-state index in [0.717, 1.165) is 32.1 Å². The topological polar surface area (TPSA) is 138 Å². The summed E-state index contributed by atoms with van der Waals surface area (Å²) in [4.78, 5) is 43.6. The minimum absolute atomic E-state index is 0.0933. The van der Waals surface area contributed by atoms with Gasteiger partial charge in [0, 0.05) is 55.3 Å². The largest absolute Gasteiger partial charge is 0.418 e. The number of alkyl halides is 3. The Bertz CT molecular complexity index is 1260. The predicted octanol–water partition coefficient (Wildman–Crippen LogP) is 2.96. The third-order valence-corrected chi connectivity index (χ3v) is 6.35. The second-order valence-corrected chi connectivity index (χ2v) is 9.14. The number of rotatable bonds is 6. The minimum Gasteiger partial charge on any atom is -0.356 e. The molecule has 0 aliphatic carbocycles. The monoisotopic (exact) mass is 536 g/mol. The first-order chi connectivity index (χ1) is 17.5. The zero-order valence-electron chi connectivity index (χ0n) is 19.7. The minimum atomic E-state index is -4.69. The van der Waals surface area contributed by atoms with Crippen LogP contribution in [-0.4, -0.2) is 57.7 Å². The number of carbonyl (C=O) groups is 2. The van der Waals surface area contributed by atoms with Crippen molar-refractivity contribution in [2.24, 2.45) is 10.7 Å². The standard InChI is InChI=1S/C23H24ClF3N8O2/c1-12(33-22(37)18-8-20(32-11-31-18)35-4-2-14(28)3-5-35)17-6-13(9-29-17)21(36)34-19-7-15(23(25,26)27)16(24)10-30-19/h7-12,14H,2-6,28H2,1H3,(H,33,37)(H,30,34,36). The summed E-state index contributed by atoms with van der Waals surface area (Å²) in [7, 11) is 0. The summed E-state index contributed by atoms with van der Waals surface area (Å²) in [5.74, 6) is -0.756. The van der Waals surface area contributed by atoms with Crippen LogP contribution in [0, 0.1) is 0 Å². The van der Waals surface area contributed by atoms with E-state index in [0.29, 0.717) is 17.6 Å². The molecule has 0 saturated carbocycles. The van der Waals surface area contributed by atoms with Crippen molar-refractivity contribution in [1.29, 1.82) is 0 Å². The van der Waals surface area contributed by atoms with Gasteiger partial charge in [-0.1, -0.05) is 11.6 Å². The van der Waals surface area contributed by atoms with Gasteiger partial charge in [-0.3, -0.25) is 14.6 Å². The van der Waals surface area contributed by atoms with Crippen molar-refractivity contribution in [3.63, 3.8) is 0 Å². The molecule has 2 aliphatic heterocycles. The number of anilines is 2. The Morgan fingerprint density at radius 1 is 1.16 bits per heavy atom. The highest BCUT2D eigenvalue weighted by Crippen LogP contribution is 2.35. The third-order valence-electron chi connectivity index (χ3n) is 6.05. The Kier molecular flexibility index (Phi) is 7.73. The zero-order valence-corrected chi connectivity index (χ0v) is 20.5. The molecule has 0 aromatic carbocycles. The van der Waals surface area contributed by atoms with Crippen LogP contribution in [0.5, 0.6) is 0 Å². The summed E-state index contributed by atoms with van der Waals surface area (Å²) in [5, 5.41) is 4.55. The maximum Gasteiger partial charge on any atom is 0.418 e. The molecule has 1 atom stereocenters. The number of hydrogen-bond acceptors (Lipinski definition) is 8. The summed E-state index contributed by atoms with van der Waals surface area (Å²) in [6.45, 7) is 3.19. The van der Waals surface area contributed by atoms with Crippen LogP contribution in [0.2, 0.25) is 5.02 Å². The molecule has 4 heterocycles. The summed E-state index contributed by atoms with van der Waals surface area (Å²) in [6.07, 6.45) is 0.526. The number of piperidine rings is 1. The smallest absolute Gasteiger partial charge is 0.356 e. The highest BCUT2D eigenvalue weighted by atomic mass is 35.5. The van der Waals surface area contributed by atoms with E-state index in [9.17, 15) is 22.8 Å². The first kappa shape index (κ1) is 26.5. The Hall–Kier alpha value is -3.58. The van der Waals surface area contributed by atoms with Gasteiger partial charge in [0.1, 0.15) is 23.7 Å². The summed E-state index contributed by atoms with van der Waals surface area (Å²) in [6, 6.07) is 1.90. The van der Waals surface area contributed by atoms with Gasteiger partial charge in [0.25, 0.3) is 11.8 Å². The number of nitrogens with one attached hydrogen (secondary N) is 2. The highest BCUT2D eigenvalue weighted by Gasteiger charge is 2.34. The number of nitrogens with two attached hydrogens (primary N) is 1. The molecule has 1 saturated heterocycles. The zero-order chi connectivity index (χ0) is 26.7. The Morgan fingerprint density at radius 3 is 2.59 bits per heavy atom. The van der Waals surface area contributed by atoms with Crippen LogP contribution < -0.4 is 21.3 Å². The van der Waals surface area contributed by atoms with E-state index in [2.05, 4.69) is 30.6 Å². The lowest BCUT2D eigenvalue weighted by Crippen LogP contribution is -2.41. The van der Waals surface area contributed by atoms with E-state index in [1.807, 2.05) is 4.90 Å². The van der Waals surface area contributed by atoms with Gasteiger partial charge in [0.05, 0.1) is 16.6 Å². The fourth-order valence-electron chi connectivity index (χ4n) is 3.90. The highest BCUT2D eigenvalue weighted by molar-refractivity contribution is 6.31. The second kappa shape index (κ2) is 10.8. The van der Waals surface area contributed by atoms with Crippen molar-refractivity contribution in [3.8, 4) is 0 Å². The van der Waals surface area contributed by atoms with Crippen LogP contribution in [0.4, 0.5) is 24.8 Å². The van der Waals surface area contributed by atoms with Gasteiger partial charge in [-0.25, -0.2) is 15.0 Å². The maximum atomic E-state index is 13.1. The van der Waals surface area contributed by atoms with Gasteiger partial charge in [0.2, 0.25) is 0 Å². The molecule has 1 fully saturated rings. The van der Waals surface area contributed by atoms with Crippen molar-refractivity contribution in [3.05, 3.63) is 52.7 Å². The predicted molar refractivity (Wildman–Crippen MR) is 131 cm³/mol. The molecule has 1 unspecified atom stereocenters. The maximum absolute atomic E-state index is 13.1. The molecule has 4 N–H and O–H groups in total. The van der Waals surface area contributed by atoms with Crippen molar-refractivity contribution in [1.82, 2.24) is 20.3 Å². The fourth-order valence-corrected chi connectivity index (χ4v) is 4.11. The number of aliphatic imine (C=N–C) groups is 1. The summed E-state index contributed by atoms with van der Waals surface area (Å²) < 4.78 is 39.2. The molecule has 2 aliphatic rings. The van der Waals surface area contributed by atoms with Crippen LogP contribution in [0.1, 0.15) is 42.2 Å². The molecule has 196 valence electrons. The van der Waals surface area contributed by atoms with E-state index >= 15 is 0 Å². The summed E-state index contributed by atoms with van der Waals surface area (Å²) >= 11 is 5.56. The Labute approximate surface area is 215 Å². The molecule has 2 amide bonds. The van der Waals surface area contributed by atoms with Crippen molar-refractivity contribution in [2.75, 3.05) is 23.3 Å².